The van der Waals surface area contributed by atoms with E-state index in [1.54, 1.807) is 6.07 Å². The summed E-state index contributed by atoms with van der Waals surface area (Å²) in [7, 11) is 0. The van der Waals surface area contributed by atoms with Crippen molar-refractivity contribution < 1.29 is 22.7 Å². The molecule has 0 aromatic carbocycles. The molecule has 0 radical (unpaired) electrons. The summed E-state index contributed by atoms with van der Waals surface area (Å²) in [5.41, 5.74) is 2.32. The number of anilines is 1. The lowest BCUT2D eigenvalue weighted by Gasteiger charge is -2.16. The Labute approximate surface area is 118 Å². The van der Waals surface area contributed by atoms with Gasteiger partial charge in [0.1, 0.15) is 0 Å². The Morgan fingerprint density at radius 3 is 3.00 bits per heavy atom. The van der Waals surface area contributed by atoms with E-state index in [0.717, 1.165) is 23.7 Å². The molecule has 1 aliphatic rings. The van der Waals surface area contributed by atoms with Crippen LogP contribution in [-0.4, -0.2) is 17.5 Å². The summed E-state index contributed by atoms with van der Waals surface area (Å²) < 4.78 is 34.9. The third-order valence-electron chi connectivity index (χ3n) is 3.12. The van der Waals surface area contributed by atoms with Crippen molar-refractivity contribution in [2.24, 2.45) is 0 Å². The summed E-state index contributed by atoms with van der Waals surface area (Å²) in [6.45, 7) is 1.08. The van der Waals surface area contributed by atoms with Crippen LogP contribution in [0.2, 0.25) is 0 Å². The van der Waals surface area contributed by atoms with Gasteiger partial charge in [-0.05, 0) is 18.2 Å². The second-order valence-electron chi connectivity index (χ2n) is 4.59. The maximum absolute atomic E-state index is 12.4. The Bertz CT molecular complexity index is 670. The second kappa shape index (κ2) is 5.61. The molecule has 0 atom stereocenters. The summed E-state index contributed by atoms with van der Waals surface area (Å²) in [6, 6.07) is 4.06. The largest absolute Gasteiger partial charge is 0.450 e. The number of amides is 1. The van der Waals surface area contributed by atoms with Gasteiger partial charge < -0.3 is 14.5 Å². The van der Waals surface area contributed by atoms with Crippen molar-refractivity contribution in [1.82, 2.24) is 4.98 Å². The Balaban J connectivity index is 1.74. The topological polar surface area (TPSA) is 64.4 Å². The molecule has 1 N–H and O–H groups in total. The standard InChI is InChI=1S/C14H12F2N2O3/c15-13(16)11-1-2-12(21-11)14(19)18-9-5-8-7-20-4-3-10(8)17-6-9/h1-2,5-6,13H,3-4,7H2,(H,18,19). The Morgan fingerprint density at radius 1 is 1.38 bits per heavy atom. The van der Waals surface area contributed by atoms with Gasteiger partial charge in [0, 0.05) is 17.7 Å². The van der Waals surface area contributed by atoms with Crippen molar-refractivity contribution in [3.8, 4) is 0 Å². The highest BCUT2D eigenvalue weighted by Crippen LogP contribution is 2.22. The van der Waals surface area contributed by atoms with E-state index in [-0.39, 0.29) is 5.76 Å². The van der Waals surface area contributed by atoms with Crippen LogP contribution < -0.4 is 5.32 Å². The number of ether oxygens (including phenoxy) is 1. The number of furan rings is 1. The van der Waals surface area contributed by atoms with Gasteiger partial charge in [0.25, 0.3) is 12.3 Å². The molecule has 0 saturated heterocycles. The minimum absolute atomic E-state index is 0.167. The lowest BCUT2D eigenvalue weighted by molar-refractivity contribution is 0.0963. The van der Waals surface area contributed by atoms with Gasteiger partial charge in [-0.15, -0.1) is 0 Å². The van der Waals surface area contributed by atoms with E-state index in [4.69, 9.17) is 9.15 Å². The van der Waals surface area contributed by atoms with E-state index in [2.05, 4.69) is 10.3 Å². The third-order valence-corrected chi connectivity index (χ3v) is 3.12. The fourth-order valence-corrected chi connectivity index (χ4v) is 2.09. The van der Waals surface area contributed by atoms with Crippen molar-refractivity contribution in [1.29, 1.82) is 0 Å². The fourth-order valence-electron chi connectivity index (χ4n) is 2.09. The molecule has 21 heavy (non-hydrogen) atoms. The maximum Gasteiger partial charge on any atom is 0.295 e. The molecule has 0 bridgehead atoms. The van der Waals surface area contributed by atoms with Crippen LogP contribution in [0.5, 0.6) is 0 Å². The van der Waals surface area contributed by atoms with E-state index >= 15 is 0 Å². The minimum Gasteiger partial charge on any atom is -0.450 e. The zero-order valence-electron chi connectivity index (χ0n) is 10.9. The van der Waals surface area contributed by atoms with Crippen molar-refractivity contribution in [3.63, 3.8) is 0 Å². The molecule has 2 aromatic rings. The number of rotatable bonds is 3. The quantitative estimate of drug-likeness (QED) is 0.945. The second-order valence-corrected chi connectivity index (χ2v) is 4.59. The summed E-state index contributed by atoms with van der Waals surface area (Å²) in [4.78, 5) is 16.2. The van der Waals surface area contributed by atoms with Gasteiger partial charge in [-0.2, -0.15) is 0 Å². The number of nitrogens with one attached hydrogen (secondary N) is 1. The number of pyridine rings is 1. The van der Waals surface area contributed by atoms with Crippen molar-refractivity contribution in [2.45, 2.75) is 19.5 Å². The van der Waals surface area contributed by atoms with Crippen LogP contribution in [0.25, 0.3) is 0 Å². The number of carbonyl (C=O) groups is 1. The summed E-state index contributed by atoms with van der Waals surface area (Å²) in [5, 5.41) is 2.56. The first kappa shape index (κ1) is 13.7. The first-order valence-electron chi connectivity index (χ1n) is 6.38. The Hall–Kier alpha value is -2.28. The van der Waals surface area contributed by atoms with Crippen LogP contribution in [-0.2, 0) is 17.8 Å². The fraction of sp³-hybridized carbons (Fsp3) is 0.286. The number of halogens is 2. The molecule has 0 saturated carbocycles. The normalized spacial score (nSPS) is 14.0. The van der Waals surface area contributed by atoms with Crippen molar-refractivity contribution >= 4 is 11.6 Å². The number of aromatic nitrogens is 1. The predicted octanol–water partition coefficient (Wildman–Crippen LogP) is 2.94. The molecule has 7 heteroatoms. The maximum atomic E-state index is 12.4. The van der Waals surface area contributed by atoms with E-state index < -0.39 is 18.1 Å². The zero-order chi connectivity index (χ0) is 14.8. The first-order valence-corrected chi connectivity index (χ1v) is 6.38. The molecule has 3 heterocycles. The van der Waals surface area contributed by atoms with Crippen LogP contribution in [0.1, 0.15) is 34.0 Å². The molecule has 0 fully saturated rings. The van der Waals surface area contributed by atoms with Crippen LogP contribution in [0, 0.1) is 0 Å². The van der Waals surface area contributed by atoms with Gasteiger partial charge in [0.2, 0.25) is 0 Å². The summed E-state index contributed by atoms with van der Waals surface area (Å²) >= 11 is 0. The molecule has 1 aliphatic heterocycles. The zero-order valence-corrected chi connectivity index (χ0v) is 10.9. The first-order chi connectivity index (χ1) is 10.1. The summed E-state index contributed by atoms with van der Waals surface area (Å²) in [6.07, 6.45) is -0.479. The highest BCUT2D eigenvalue weighted by atomic mass is 19.3. The van der Waals surface area contributed by atoms with Crippen LogP contribution in [0.4, 0.5) is 14.5 Å². The molecule has 2 aromatic heterocycles. The van der Waals surface area contributed by atoms with Crippen LogP contribution >= 0.6 is 0 Å². The average molecular weight is 294 g/mol. The highest BCUT2D eigenvalue weighted by Gasteiger charge is 2.18. The predicted molar refractivity (Wildman–Crippen MR) is 69.2 cm³/mol. The van der Waals surface area contributed by atoms with Gasteiger partial charge in [-0.1, -0.05) is 0 Å². The van der Waals surface area contributed by atoms with Crippen molar-refractivity contribution in [2.75, 3.05) is 11.9 Å². The van der Waals surface area contributed by atoms with Gasteiger partial charge in [-0.25, -0.2) is 8.78 Å². The van der Waals surface area contributed by atoms with Crippen LogP contribution in [0.3, 0.4) is 0 Å². The molecule has 0 unspecified atom stereocenters. The number of hydrogen-bond donors (Lipinski definition) is 1. The smallest absolute Gasteiger partial charge is 0.295 e. The van der Waals surface area contributed by atoms with E-state index in [9.17, 15) is 13.6 Å². The van der Waals surface area contributed by atoms with E-state index in [1.807, 2.05) is 0 Å². The molecule has 3 rings (SSSR count). The molecule has 0 spiro atoms. The average Bonchev–Trinajstić information content (AvgIpc) is 2.97. The minimum atomic E-state index is -2.74. The third kappa shape index (κ3) is 2.92. The monoisotopic (exact) mass is 294 g/mol. The number of hydrogen-bond acceptors (Lipinski definition) is 4. The van der Waals surface area contributed by atoms with E-state index in [1.165, 1.54) is 12.3 Å². The molecular weight excluding hydrogens is 282 g/mol. The number of alkyl halides is 2. The Kier molecular flexibility index (Phi) is 3.66. The number of fused-ring (bicyclic) bond motifs is 1. The number of nitrogens with zero attached hydrogens (tertiary/aromatic N) is 1. The highest BCUT2D eigenvalue weighted by molar-refractivity contribution is 6.02. The van der Waals surface area contributed by atoms with Crippen LogP contribution in [0.15, 0.2) is 28.8 Å². The van der Waals surface area contributed by atoms with E-state index in [0.29, 0.717) is 18.9 Å². The SMILES string of the molecule is O=C(Nc1cnc2c(c1)COCC2)c1ccc(C(F)F)o1. The lowest BCUT2D eigenvalue weighted by Crippen LogP contribution is -2.15. The van der Waals surface area contributed by atoms with Gasteiger partial charge in [-0.3, -0.25) is 9.78 Å². The molecule has 110 valence electrons. The van der Waals surface area contributed by atoms with Crippen molar-refractivity contribution in [3.05, 3.63) is 47.2 Å². The molecule has 1 amide bonds. The van der Waals surface area contributed by atoms with Gasteiger partial charge in [0.05, 0.1) is 25.1 Å². The van der Waals surface area contributed by atoms with Gasteiger partial charge >= 0.3 is 0 Å². The Morgan fingerprint density at radius 2 is 2.24 bits per heavy atom. The summed E-state index contributed by atoms with van der Waals surface area (Å²) in [5.74, 6) is -1.29. The molecular formula is C14H12F2N2O3. The lowest BCUT2D eigenvalue weighted by atomic mass is 10.1. The molecule has 5 nitrogen and oxygen atoms in total. The number of carbonyl (C=O) groups excluding carboxylic acids is 1. The van der Waals surface area contributed by atoms with Gasteiger partial charge in [0.15, 0.2) is 11.5 Å². The molecule has 0 aliphatic carbocycles.